The lowest BCUT2D eigenvalue weighted by atomic mass is 10.4. The van der Waals surface area contributed by atoms with Crippen molar-refractivity contribution in [1.29, 1.82) is 0 Å². The van der Waals surface area contributed by atoms with Crippen molar-refractivity contribution < 1.29 is 18.0 Å². The summed E-state index contributed by atoms with van der Waals surface area (Å²) in [6.45, 7) is 0.547. The van der Waals surface area contributed by atoms with Crippen molar-refractivity contribution >= 4 is 17.7 Å². The SMILES string of the molecule is NC(=O)CCNCCSC(F)(F)F. The maximum atomic E-state index is 11.6. The van der Waals surface area contributed by atoms with Gasteiger partial charge in [-0.25, -0.2) is 0 Å². The highest BCUT2D eigenvalue weighted by Gasteiger charge is 2.27. The highest BCUT2D eigenvalue weighted by Crippen LogP contribution is 2.29. The Morgan fingerprint density at radius 1 is 1.38 bits per heavy atom. The first kappa shape index (κ1) is 12.6. The van der Waals surface area contributed by atoms with Crippen molar-refractivity contribution in [3.63, 3.8) is 0 Å². The molecule has 0 aromatic heterocycles. The van der Waals surface area contributed by atoms with Crippen LogP contribution in [0.15, 0.2) is 0 Å². The quantitative estimate of drug-likeness (QED) is 0.643. The van der Waals surface area contributed by atoms with E-state index in [4.69, 9.17) is 5.73 Å². The summed E-state index contributed by atoms with van der Waals surface area (Å²) in [4.78, 5) is 10.2. The Bertz CT molecular complexity index is 162. The van der Waals surface area contributed by atoms with Gasteiger partial charge in [-0.3, -0.25) is 4.79 Å². The van der Waals surface area contributed by atoms with Gasteiger partial charge in [-0.1, -0.05) is 0 Å². The van der Waals surface area contributed by atoms with E-state index in [1.165, 1.54) is 0 Å². The van der Waals surface area contributed by atoms with Crippen LogP contribution in [0.2, 0.25) is 0 Å². The van der Waals surface area contributed by atoms with Crippen LogP contribution in [0.3, 0.4) is 0 Å². The molecule has 1 amide bonds. The van der Waals surface area contributed by atoms with Crippen LogP contribution in [0, 0.1) is 0 Å². The molecule has 0 saturated heterocycles. The predicted octanol–water partition coefficient (Wildman–Crippen LogP) is 0.704. The van der Waals surface area contributed by atoms with E-state index in [1.807, 2.05) is 0 Å². The minimum Gasteiger partial charge on any atom is -0.370 e. The minimum absolute atomic E-state index is 0.0533. The van der Waals surface area contributed by atoms with E-state index in [0.717, 1.165) is 0 Å². The van der Waals surface area contributed by atoms with Gasteiger partial charge < -0.3 is 11.1 Å². The van der Waals surface area contributed by atoms with Gasteiger partial charge in [0.15, 0.2) is 0 Å². The molecule has 0 bridgehead atoms. The molecule has 0 fully saturated rings. The van der Waals surface area contributed by atoms with Gasteiger partial charge in [0.2, 0.25) is 5.91 Å². The summed E-state index contributed by atoms with van der Waals surface area (Å²) < 4.78 is 34.7. The largest absolute Gasteiger partial charge is 0.441 e. The normalized spacial score (nSPS) is 11.6. The first-order valence-corrected chi connectivity index (χ1v) is 4.60. The van der Waals surface area contributed by atoms with Crippen LogP contribution in [-0.4, -0.2) is 30.3 Å². The molecule has 0 aliphatic carbocycles. The average molecular weight is 216 g/mol. The summed E-state index contributed by atoms with van der Waals surface area (Å²) in [7, 11) is 0. The number of alkyl halides is 3. The fourth-order valence-electron chi connectivity index (χ4n) is 0.576. The average Bonchev–Trinajstić information content (AvgIpc) is 1.93. The summed E-state index contributed by atoms with van der Waals surface area (Å²) in [6.07, 6.45) is 0.149. The Kier molecular flexibility index (Phi) is 5.89. The van der Waals surface area contributed by atoms with Gasteiger partial charge in [0.1, 0.15) is 0 Å². The maximum Gasteiger partial charge on any atom is 0.441 e. The van der Waals surface area contributed by atoms with Crippen molar-refractivity contribution in [3.8, 4) is 0 Å². The van der Waals surface area contributed by atoms with E-state index in [0.29, 0.717) is 6.54 Å². The Balaban J connectivity index is 3.13. The molecule has 78 valence electrons. The third-order valence-electron chi connectivity index (χ3n) is 1.09. The number of nitrogens with one attached hydrogen (secondary N) is 1. The Morgan fingerprint density at radius 2 is 2.00 bits per heavy atom. The molecule has 0 saturated carbocycles. The number of halogens is 3. The van der Waals surface area contributed by atoms with Crippen molar-refractivity contribution in [2.75, 3.05) is 18.8 Å². The van der Waals surface area contributed by atoms with E-state index in [9.17, 15) is 18.0 Å². The molecule has 13 heavy (non-hydrogen) atoms. The van der Waals surface area contributed by atoms with Gasteiger partial charge in [0, 0.05) is 25.3 Å². The second-order valence-corrected chi connectivity index (χ2v) is 3.42. The molecule has 7 heteroatoms. The molecule has 0 spiro atoms. The highest BCUT2D eigenvalue weighted by atomic mass is 32.2. The number of primary amides is 1. The number of rotatable bonds is 6. The van der Waals surface area contributed by atoms with Gasteiger partial charge in [-0.15, -0.1) is 0 Å². The number of carbonyl (C=O) groups excluding carboxylic acids is 1. The summed E-state index contributed by atoms with van der Waals surface area (Å²) in [5.74, 6) is -0.515. The molecule has 0 atom stereocenters. The molecule has 0 aromatic carbocycles. The van der Waals surface area contributed by atoms with Gasteiger partial charge in [0.25, 0.3) is 0 Å². The Labute approximate surface area is 78.2 Å². The zero-order valence-electron chi connectivity index (χ0n) is 6.86. The molecular weight excluding hydrogens is 205 g/mol. The zero-order chi connectivity index (χ0) is 10.3. The second-order valence-electron chi connectivity index (χ2n) is 2.26. The number of hydrogen-bond donors (Lipinski definition) is 2. The Morgan fingerprint density at radius 3 is 2.46 bits per heavy atom. The van der Waals surface area contributed by atoms with Crippen LogP contribution in [0.1, 0.15) is 6.42 Å². The monoisotopic (exact) mass is 216 g/mol. The van der Waals surface area contributed by atoms with Crippen LogP contribution in [0.5, 0.6) is 0 Å². The molecule has 3 N–H and O–H groups in total. The first-order valence-electron chi connectivity index (χ1n) is 3.61. The topological polar surface area (TPSA) is 55.1 Å². The molecule has 3 nitrogen and oxygen atoms in total. The zero-order valence-corrected chi connectivity index (χ0v) is 7.67. The third kappa shape index (κ3) is 11.6. The van der Waals surface area contributed by atoms with Gasteiger partial charge in [-0.05, 0) is 11.8 Å². The Hall–Kier alpha value is -0.430. The van der Waals surface area contributed by atoms with Gasteiger partial charge >= 0.3 is 5.51 Å². The molecule has 0 heterocycles. The lowest BCUT2D eigenvalue weighted by Crippen LogP contribution is -2.24. The van der Waals surface area contributed by atoms with Crippen LogP contribution >= 0.6 is 11.8 Å². The number of nitrogens with two attached hydrogens (primary N) is 1. The fraction of sp³-hybridized carbons (Fsp3) is 0.833. The molecule has 0 aliphatic heterocycles. The van der Waals surface area contributed by atoms with E-state index in [2.05, 4.69) is 5.32 Å². The molecule has 0 rings (SSSR count). The van der Waals surface area contributed by atoms with Crippen LogP contribution < -0.4 is 11.1 Å². The third-order valence-corrected chi connectivity index (χ3v) is 1.83. The van der Waals surface area contributed by atoms with Crippen LogP contribution in [-0.2, 0) is 4.79 Å². The number of hydrogen-bond acceptors (Lipinski definition) is 3. The van der Waals surface area contributed by atoms with Crippen molar-refractivity contribution in [1.82, 2.24) is 5.32 Å². The van der Waals surface area contributed by atoms with E-state index in [1.54, 1.807) is 0 Å². The summed E-state index contributed by atoms with van der Waals surface area (Å²) in [5.41, 5.74) is 0.637. The van der Waals surface area contributed by atoms with Crippen molar-refractivity contribution in [2.24, 2.45) is 5.73 Å². The van der Waals surface area contributed by atoms with Crippen molar-refractivity contribution in [3.05, 3.63) is 0 Å². The second kappa shape index (κ2) is 6.09. The first-order chi connectivity index (χ1) is 5.92. The van der Waals surface area contributed by atoms with Crippen LogP contribution in [0.25, 0.3) is 0 Å². The number of carbonyl (C=O) groups is 1. The molecule has 0 unspecified atom stereocenters. The summed E-state index contributed by atoms with van der Waals surface area (Å²) in [6, 6.07) is 0. The minimum atomic E-state index is -4.18. The van der Waals surface area contributed by atoms with Gasteiger partial charge in [0.05, 0.1) is 0 Å². The number of amides is 1. The smallest absolute Gasteiger partial charge is 0.370 e. The summed E-state index contributed by atoms with van der Waals surface area (Å²) in [5, 5.41) is 2.67. The molecular formula is C6H11F3N2OS. The van der Waals surface area contributed by atoms with Crippen molar-refractivity contribution in [2.45, 2.75) is 11.9 Å². The maximum absolute atomic E-state index is 11.6. The van der Waals surface area contributed by atoms with Gasteiger partial charge in [-0.2, -0.15) is 13.2 Å². The highest BCUT2D eigenvalue weighted by molar-refractivity contribution is 8.00. The van der Waals surface area contributed by atoms with Crippen LogP contribution in [0.4, 0.5) is 13.2 Å². The fourth-order valence-corrected chi connectivity index (χ4v) is 1.05. The lowest BCUT2D eigenvalue weighted by molar-refractivity contribution is -0.117. The lowest BCUT2D eigenvalue weighted by Gasteiger charge is -2.05. The van der Waals surface area contributed by atoms with E-state index < -0.39 is 11.4 Å². The number of thioether (sulfide) groups is 1. The standard InChI is InChI=1S/C6H11F3N2OS/c7-6(8,9)13-4-3-11-2-1-5(10)12/h11H,1-4H2,(H2,10,12). The molecule has 0 aromatic rings. The predicted molar refractivity (Wildman–Crippen MR) is 45.2 cm³/mol. The molecule has 0 radical (unpaired) electrons. The van der Waals surface area contributed by atoms with E-state index in [-0.39, 0.29) is 30.5 Å². The molecule has 0 aliphatic rings. The van der Waals surface area contributed by atoms with E-state index >= 15 is 0 Å². The summed E-state index contributed by atoms with van der Waals surface area (Å²) >= 11 is -0.0863.